The summed E-state index contributed by atoms with van der Waals surface area (Å²) in [7, 11) is 0. The predicted molar refractivity (Wildman–Crippen MR) is 89.6 cm³/mol. The summed E-state index contributed by atoms with van der Waals surface area (Å²) in [6.07, 6.45) is -0.551. The lowest BCUT2D eigenvalue weighted by Crippen LogP contribution is -2.03. The number of hydrogen-bond acceptors (Lipinski definition) is 2. The third-order valence-corrected chi connectivity index (χ3v) is 8.10. The topological polar surface area (TPSA) is 40.5 Å². The van der Waals surface area contributed by atoms with Crippen molar-refractivity contribution in [3.63, 3.8) is 0 Å². The summed E-state index contributed by atoms with van der Waals surface area (Å²) in [5.74, 6) is 0.270. The molecule has 1 aromatic rings. The second kappa shape index (κ2) is 5.49. The van der Waals surface area contributed by atoms with Crippen molar-refractivity contribution in [1.29, 1.82) is 0 Å². The minimum atomic E-state index is -0.551. The molecule has 0 bridgehead atoms. The van der Waals surface area contributed by atoms with Crippen LogP contribution in [0.15, 0.2) is 0 Å². The first-order chi connectivity index (χ1) is 6.37. The van der Waals surface area contributed by atoms with Crippen molar-refractivity contribution < 1.29 is 10.2 Å². The van der Waals surface area contributed by atoms with E-state index in [1.807, 2.05) is 0 Å². The summed E-state index contributed by atoms with van der Waals surface area (Å²) in [4.78, 5) is 0. The fraction of sp³-hybridized carbons (Fsp3) is 0.250. The maximum Gasteiger partial charge on any atom is 0.143 e. The standard InChI is InChI=1S/C8H6I4O2/c1-2(13)3-4(9)6(11)7(12)8(14)5(3)10/h2,13-14H,1H3. The molecule has 1 aromatic carbocycles. The fourth-order valence-electron chi connectivity index (χ4n) is 1.01. The molecule has 0 saturated heterocycles. The van der Waals surface area contributed by atoms with Gasteiger partial charge in [0.15, 0.2) is 0 Å². The molecule has 0 saturated carbocycles. The Hall–Kier alpha value is 1.90. The predicted octanol–water partition coefficient (Wildman–Crippen LogP) is 3.86. The Labute approximate surface area is 137 Å². The summed E-state index contributed by atoms with van der Waals surface area (Å²) < 4.78 is 3.61. The third kappa shape index (κ3) is 2.59. The van der Waals surface area contributed by atoms with E-state index < -0.39 is 6.10 Å². The number of aliphatic hydroxyl groups is 1. The van der Waals surface area contributed by atoms with Crippen molar-refractivity contribution in [2.75, 3.05) is 0 Å². The molecule has 0 aliphatic carbocycles. The Morgan fingerprint density at radius 2 is 1.43 bits per heavy atom. The zero-order valence-corrected chi connectivity index (χ0v) is 15.6. The van der Waals surface area contributed by atoms with E-state index >= 15 is 0 Å². The Balaban J connectivity index is 3.60. The molecule has 0 spiro atoms. The van der Waals surface area contributed by atoms with Crippen LogP contribution in [0, 0.1) is 14.3 Å². The molecule has 1 unspecified atom stereocenters. The molecule has 0 radical (unpaired) electrons. The highest BCUT2D eigenvalue weighted by molar-refractivity contribution is 14.1. The van der Waals surface area contributed by atoms with Gasteiger partial charge in [-0.15, -0.1) is 0 Å². The van der Waals surface area contributed by atoms with Gasteiger partial charge in [-0.2, -0.15) is 0 Å². The Morgan fingerprint density at radius 3 is 1.86 bits per heavy atom. The van der Waals surface area contributed by atoms with Gasteiger partial charge < -0.3 is 10.2 Å². The highest BCUT2D eigenvalue weighted by Gasteiger charge is 2.20. The lowest BCUT2D eigenvalue weighted by atomic mass is 10.1. The van der Waals surface area contributed by atoms with Crippen molar-refractivity contribution in [3.8, 4) is 5.75 Å². The summed E-state index contributed by atoms with van der Waals surface area (Å²) in [5, 5.41) is 19.4. The summed E-state index contributed by atoms with van der Waals surface area (Å²) >= 11 is 8.56. The second-order valence-corrected chi connectivity index (χ2v) is 7.01. The van der Waals surface area contributed by atoms with E-state index in [1.54, 1.807) is 6.92 Å². The highest BCUT2D eigenvalue weighted by Crippen LogP contribution is 2.39. The first-order valence-corrected chi connectivity index (χ1v) is 7.92. The lowest BCUT2D eigenvalue weighted by molar-refractivity contribution is 0.197. The maximum absolute atomic E-state index is 9.81. The Morgan fingerprint density at radius 1 is 0.929 bits per heavy atom. The molecule has 78 valence electrons. The van der Waals surface area contributed by atoms with Crippen LogP contribution in [0.3, 0.4) is 0 Å². The number of hydrogen-bond donors (Lipinski definition) is 2. The SMILES string of the molecule is CC(O)c1c(I)c(O)c(I)c(I)c1I. The van der Waals surface area contributed by atoms with Gasteiger partial charge >= 0.3 is 0 Å². The minimum Gasteiger partial charge on any atom is -0.506 e. The van der Waals surface area contributed by atoms with Crippen molar-refractivity contribution in [2.24, 2.45) is 0 Å². The molecule has 0 heterocycles. The van der Waals surface area contributed by atoms with Crippen LogP contribution < -0.4 is 0 Å². The molecule has 0 aromatic heterocycles. The van der Waals surface area contributed by atoms with Crippen LogP contribution in [-0.4, -0.2) is 10.2 Å². The zero-order chi connectivity index (χ0) is 11.0. The van der Waals surface area contributed by atoms with Crippen LogP contribution in [0.2, 0.25) is 0 Å². The van der Waals surface area contributed by atoms with Gasteiger partial charge in [0.2, 0.25) is 0 Å². The number of rotatable bonds is 1. The van der Waals surface area contributed by atoms with Gasteiger partial charge in [0, 0.05) is 12.7 Å². The lowest BCUT2D eigenvalue weighted by Gasteiger charge is -2.15. The molecule has 0 amide bonds. The monoisotopic (exact) mass is 642 g/mol. The molecular formula is C8H6I4O2. The Kier molecular flexibility index (Phi) is 5.48. The summed E-state index contributed by atoms with van der Waals surface area (Å²) in [6, 6.07) is 0. The van der Waals surface area contributed by atoms with Crippen LogP contribution in [0.1, 0.15) is 18.6 Å². The zero-order valence-electron chi connectivity index (χ0n) is 6.98. The van der Waals surface area contributed by atoms with Crippen molar-refractivity contribution in [2.45, 2.75) is 13.0 Å². The summed E-state index contributed by atoms with van der Waals surface area (Å²) in [6.45, 7) is 1.71. The van der Waals surface area contributed by atoms with Crippen molar-refractivity contribution in [1.82, 2.24) is 0 Å². The van der Waals surface area contributed by atoms with Gasteiger partial charge in [-0.1, -0.05) is 0 Å². The third-order valence-electron chi connectivity index (χ3n) is 1.69. The van der Waals surface area contributed by atoms with Gasteiger partial charge in [-0.25, -0.2) is 0 Å². The molecule has 1 rings (SSSR count). The smallest absolute Gasteiger partial charge is 0.143 e. The van der Waals surface area contributed by atoms with Crippen LogP contribution >= 0.6 is 90.4 Å². The van der Waals surface area contributed by atoms with Crippen LogP contribution in [0.4, 0.5) is 0 Å². The number of phenolic OH excluding ortho intramolecular Hbond substituents is 1. The molecule has 2 N–H and O–H groups in total. The number of phenols is 1. The van der Waals surface area contributed by atoms with E-state index in [0.29, 0.717) is 0 Å². The number of halogens is 4. The first-order valence-electron chi connectivity index (χ1n) is 3.60. The number of benzene rings is 1. The van der Waals surface area contributed by atoms with Gasteiger partial charge in [0.05, 0.1) is 13.2 Å². The highest BCUT2D eigenvalue weighted by atomic mass is 127. The number of aromatic hydroxyl groups is 1. The van der Waals surface area contributed by atoms with E-state index in [4.69, 9.17) is 0 Å². The van der Waals surface area contributed by atoms with Crippen molar-refractivity contribution >= 4 is 90.4 Å². The largest absolute Gasteiger partial charge is 0.506 e. The molecule has 1 atom stereocenters. The van der Waals surface area contributed by atoms with Gasteiger partial charge in [0.25, 0.3) is 0 Å². The molecule has 6 heteroatoms. The number of aliphatic hydroxyl groups excluding tert-OH is 1. The molecule has 0 aliphatic rings. The van der Waals surface area contributed by atoms with Gasteiger partial charge in [0.1, 0.15) is 5.75 Å². The molecule has 2 nitrogen and oxygen atoms in total. The van der Waals surface area contributed by atoms with E-state index in [0.717, 1.165) is 19.8 Å². The van der Waals surface area contributed by atoms with E-state index in [2.05, 4.69) is 90.4 Å². The Bertz CT molecular complexity index is 347. The van der Waals surface area contributed by atoms with Crippen LogP contribution in [-0.2, 0) is 0 Å². The molecular weight excluding hydrogens is 636 g/mol. The normalized spacial score (nSPS) is 13.0. The van der Waals surface area contributed by atoms with Gasteiger partial charge in [-0.05, 0) is 97.3 Å². The average Bonchev–Trinajstić information content (AvgIpc) is 2.11. The first kappa shape index (κ1) is 14.0. The molecule has 0 aliphatic heterocycles. The minimum absolute atomic E-state index is 0.270. The van der Waals surface area contributed by atoms with Crippen LogP contribution in [0.25, 0.3) is 0 Å². The van der Waals surface area contributed by atoms with Crippen molar-refractivity contribution in [3.05, 3.63) is 19.8 Å². The van der Waals surface area contributed by atoms with E-state index in [-0.39, 0.29) is 5.75 Å². The molecule has 0 fully saturated rings. The maximum atomic E-state index is 9.81. The van der Waals surface area contributed by atoms with Gasteiger partial charge in [-0.3, -0.25) is 0 Å². The van der Waals surface area contributed by atoms with Crippen LogP contribution in [0.5, 0.6) is 5.75 Å². The quantitative estimate of drug-likeness (QED) is 0.278. The molecule has 14 heavy (non-hydrogen) atoms. The summed E-state index contributed by atoms with van der Waals surface area (Å²) in [5.41, 5.74) is 0.813. The second-order valence-electron chi connectivity index (χ2n) is 2.69. The van der Waals surface area contributed by atoms with E-state index in [1.165, 1.54) is 0 Å². The van der Waals surface area contributed by atoms with E-state index in [9.17, 15) is 10.2 Å². The fourth-order valence-corrected chi connectivity index (χ4v) is 5.62. The average molecular weight is 642 g/mol.